The summed E-state index contributed by atoms with van der Waals surface area (Å²) in [6.07, 6.45) is 2.79. The third-order valence-corrected chi connectivity index (χ3v) is 4.03. The summed E-state index contributed by atoms with van der Waals surface area (Å²) in [4.78, 5) is 26.4. The van der Waals surface area contributed by atoms with Crippen LogP contribution in [0.4, 0.5) is 18.9 Å². The summed E-state index contributed by atoms with van der Waals surface area (Å²) in [6, 6.07) is 1.64. The van der Waals surface area contributed by atoms with E-state index < -0.39 is 34.5 Å². The molecule has 0 aliphatic carbocycles. The number of amides is 2. The molecule has 1 aliphatic heterocycles. The van der Waals surface area contributed by atoms with Gasteiger partial charge in [-0.05, 0) is 45.2 Å². The van der Waals surface area contributed by atoms with Gasteiger partial charge in [0.05, 0.1) is 5.69 Å². The zero-order chi connectivity index (χ0) is 17.2. The number of anilines is 1. The van der Waals surface area contributed by atoms with Crippen molar-refractivity contribution in [3.8, 4) is 0 Å². The summed E-state index contributed by atoms with van der Waals surface area (Å²) in [5.74, 6) is -5.62. The first-order valence-corrected chi connectivity index (χ1v) is 7.49. The quantitative estimate of drug-likeness (QED) is 0.685. The minimum absolute atomic E-state index is 0.363. The molecular weight excluding hydrogens is 309 g/mol. The number of piperidine rings is 1. The minimum Gasteiger partial charge on any atom is -0.342 e. The van der Waals surface area contributed by atoms with Gasteiger partial charge in [-0.25, -0.2) is 13.2 Å². The molecule has 1 heterocycles. The molecule has 0 spiro atoms. The second kappa shape index (κ2) is 6.60. The molecule has 126 valence electrons. The van der Waals surface area contributed by atoms with Crippen molar-refractivity contribution in [2.75, 3.05) is 18.4 Å². The maximum absolute atomic E-state index is 13.6. The molecule has 1 saturated heterocycles. The summed E-state index contributed by atoms with van der Waals surface area (Å²) in [7, 11) is 0. The number of rotatable bonds is 3. The van der Waals surface area contributed by atoms with Gasteiger partial charge in [-0.1, -0.05) is 0 Å². The number of carbonyl (C=O) groups excluding carboxylic acids is 2. The Bertz CT molecular complexity index is 626. The molecule has 1 aliphatic rings. The highest BCUT2D eigenvalue weighted by Gasteiger charge is 2.39. The Morgan fingerprint density at radius 2 is 1.65 bits per heavy atom. The molecule has 7 heteroatoms. The van der Waals surface area contributed by atoms with Gasteiger partial charge in [0.15, 0.2) is 17.5 Å². The summed E-state index contributed by atoms with van der Waals surface area (Å²) in [6.45, 7) is 4.01. The molecule has 1 aromatic carbocycles. The lowest BCUT2D eigenvalue weighted by molar-refractivity contribution is -0.147. The van der Waals surface area contributed by atoms with Gasteiger partial charge in [0, 0.05) is 13.1 Å². The van der Waals surface area contributed by atoms with Crippen molar-refractivity contribution in [1.29, 1.82) is 0 Å². The van der Waals surface area contributed by atoms with Crippen molar-refractivity contribution in [2.24, 2.45) is 5.41 Å². The van der Waals surface area contributed by atoms with E-state index in [0.29, 0.717) is 19.2 Å². The fourth-order valence-corrected chi connectivity index (χ4v) is 2.49. The summed E-state index contributed by atoms with van der Waals surface area (Å²) >= 11 is 0. The molecule has 1 N–H and O–H groups in total. The average Bonchev–Trinajstić information content (AvgIpc) is 2.55. The minimum atomic E-state index is -1.66. The van der Waals surface area contributed by atoms with E-state index in [-0.39, 0.29) is 5.91 Å². The highest BCUT2D eigenvalue weighted by atomic mass is 19.2. The molecule has 0 radical (unpaired) electrons. The third-order valence-electron chi connectivity index (χ3n) is 4.03. The van der Waals surface area contributed by atoms with Crippen LogP contribution >= 0.6 is 0 Å². The Morgan fingerprint density at radius 3 is 2.26 bits per heavy atom. The van der Waals surface area contributed by atoms with Gasteiger partial charge in [0.1, 0.15) is 5.41 Å². The van der Waals surface area contributed by atoms with Gasteiger partial charge in [0.2, 0.25) is 11.8 Å². The maximum atomic E-state index is 13.6. The van der Waals surface area contributed by atoms with Crippen molar-refractivity contribution in [2.45, 2.75) is 33.1 Å². The van der Waals surface area contributed by atoms with E-state index in [1.807, 2.05) is 0 Å². The molecule has 0 bridgehead atoms. The van der Waals surface area contributed by atoms with Crippen LogP contribution in [-0.2, 0) is 9.59 Å². The number of benzene rings is 1. The zero-order valence-electron chi connectivity index (χ0n) is 13.1. The normalized spacial score (nSPS) is 15.4. The van der Waals surface area contributed by atoms with Crippen LogP contribution in [0.3, 0.4) is 0 Å². The van der Waals surface area contributed by atoms with Crippen LogP contribution < -0.4 is 5.32 Å². The maximum Gasteiger partial charge on any atom is 0.239 e. The number of hydrogen-bond donors (Lipinski definition) is 1. The summed E-state index contributed by atoms with van der Waals surface area (Å²) in [5, 5.41) is 2.17. The first-order chi connectivity index (χ1) is 10.7. The molecular formula is C16H19F3N2O2. The van der Waals surface area contributed by atoms with E-state index in [2.05, 4.69) is 5.32 Å². The summed E-state index contributed by atoms with van der Waals surface area (Å²) < 4.78 is 39.8. The second-order valence-corrected chi connectivity index (χ2v) is 6.15. The number of likely N-dealkylation sites (tertiary alicyclic amines) is 1. The van der Waals surface area contributed by atoms with E-state index in [0.717, 1.165) is 25.3 Å². The number of nitrogens with one attached hydrogen (secondary N) is 1. The predicted octanol–water partition coefficient (Wildman–Crippen LogP) is 3.08. The Balaban J connectivity index is 2.15. The number of carbonyl (C=O) groups is 2. The molecule has 2 rings (SSSR count). The zero-order valence-corrected chi connectivity index (χ0v) is 13.1. The van der Waals surface area contributed by atoms with Gasteiger partial charge in [-0.15, -0.1) is 0 Å². The fourth-order valence-electron chi connectivity index (χ4n) is 2.49. The van der Waals surface area contributed by atoms with Crippen molar-refractivity contribution < 1.29 is 22.8 Å². The SMILES string of the molecule is CC(C)(C(=O)Nc1ccc(F)c(F)c1F)C(=O)N1CCCCC1. The van der Waals surface area contributed by atoms with E-state index in [1.54, 1.807) is 4.90 Å². The van der Waals surface area contributed by atoms with Crippen LogP contribution in [0.25, 0.3) is 0 Å². The topological polar surface area (TPSA) is 49.4 Å². The molecule has 4 nitrogen and oxygen atoms in total. The lowest BCUT2D eigenvalue weighted by Crippen LogP contribution is -2.49. The van der Waals surface area contributed by atoms with Crippen LogP contribution in [0.15, 0.2) is 12.1 Å². The molecule has 1 fully saturated rings. The van der Waals surface area contributed by atoms with Gasteiger partial charge in [-0.3, -0.25) is 9.59 Å². The van der Waals surface area contributed by atoms with Crippen molar-refractivity contribution >= 4 is 17.5 Å². The molecule has 0 unspecified atom stereocenters. The van der Waals surface area contributed by atoms with Crippen molar-refractivity contribution in [3.05, 3.63) is 29.6 Å². The third kappa shape index (κ3) is 3.48. The fraction of sp³-hybridized carbons (Fsp3) is 0.500. The molecule has 23 heavy (non-hydrogen) atoms. The second-order valence-electron chi connectivity index (χ2n) is 6.15. The molecule has 0 atom stereocenters. The Hall–Kier alpha value is -2.05. The van der Waals surface area contributed by atoms with Crippen LogP contribution in [-0.4, -0.2) is 29.8 Å². The largest absolute Gasteiger partial charge is 0.342 e. The average molecular weight is 328 g/mol. The number of hydrogen-bond acceptors (Lipinski definition) is 2. The highest BCUT2D eigenvalue weighted by molar-refractivity contribution is 6.09. The predicted molar refractivity (Wildman–Crippen MR) is 79.2 cm³/mol. The van der Waals surface area contributed by atoms with Crippen molar-refractivity contribution in [3.63, 3.8) is 0 Å². The number of halogens is 3. The van der Waals surface area contributed by atoms with Crippen LogP contribution in [0, 0.1) is 22.9 Å². The van der Waals surface area contributed by atoms with E-state index >= 15 is 0 Å². The van der Waals surface area contributed by atoms with Crippen LogP contribution in [0.5, 0.6) is 0 Å². The Kier molecular flexibility index (Phi) is 4.97. The molecule has 1 aromatic rings. The lowest BCUT2D eigenvalue weighted by Gasteiger charge is -2.33. The molecule has 2 amide bonds. The smallest absolute Gasteiger partial charge is 0.239 e. The first-order valence-electron chi connectivity index (χ1n) is 7.49. The standard InChI is InChI=1S/C16H19F3N2O2/c1-16(2,15(23)21-8-4-3-5-9-21)14(22)20-11-7-6-10(17)12(18)13(11)19/h6-7H,3-5,8-9H2,1-2H3,(H,20,22). The number of nitrogens with zero attached hydrogens (tertiary/aromatic N) is 1. The van der Waals surface area contributed by atoms with E-state index in [4.69, 9.17) is 0 Å². The van der Waals surface area contributed by atoms with Crippen molar-refractivity contribution in [1.82, 2.24) is 4.90 Å². The Morgan fingerprint density at radius 1 is 1.04 bits per heavy atom. The summed E-state index contributed by atoms with van der Waals surface area (Å²) in [5.41, 5.74) is -1.93. The highest BCUT2D eigenvalue weighted by Crippen LogP contribution is 2.26. The van der Waals surface area contributed by atoms with Gasteiger partial charge < -0.3 is 10.2 Å². The first kappa shape index (κ1) is 17.3. The monoisotopic (exact) mass is 328 g/mol. The molecule has 0 aromatic heterocycles. The Labute approximate surface area is 132 Å². The van der Waals surface area contributed by atoms with E-state index in [9.17, 15) is 22.8 Å². The van der Waals surface area contributed by atoms with Crippen LogP contribution in [0.1, 0.15) is 33.1 Å². The molecule has 0 saturated carbocycles. The lowest BCUT2D eigenvalue weighted by atomic mass is 9.89. The van der Waals surface area contributed by atoms with E-state index in [1.165, 1.54) is 13.8 Å². The van der Waals surface area contributed by atoms with Gasteiger partial charge >= 0.3 is 0 Å². The van der Waals surface area contributed by atoms with Gasteiger partial charge in [-0.2, -0.15) is 0 Å². The van der Waals surface area contributed by atoms with Gasteiger partial charge in [0.25, 0.3) is 0 Å². The van der Waals surface area contributed by atoms with Crippen LogP contribution in [0.2, 0.25) is 0 Å².